The third kappa shape index (κ3) is 2.47. The van der Waals surface area contributed by atoms with E-state index in [1.807, 2.05) is 31.2 Å². The van der Waals surface area contributed by atoms with E-state index >= 15 is 0 Å². The number of hydrogen-bond donors (Lipinski definition) is 1. The van der Waals surface area contributed by atoms with Crippen molar-refractivity contribution in [3.05, 3.63) is 33.4 Å². The van der Waals surface area contributed by atoms with Gasteiger partial charge in [0.05, 0.1) is 5.60 Å². The summed E-state index contributed by atoms with van der Waals surface area (Å²) in [5.74, 6) is 0.158. The number of ether oxygens (including phenoxy) is 2. The molecule has 0 radical (unpaired) electrons. The van der Waals surface area contributed by atoms with Crippen LogP contribution < -0.4 is 5.73 Å². The molecule has 1 aliphatic rings. The number of halogens is 1. The van der Waals surface area contributed by atoms with Gasteiger partial charge in [-0.1, -0.05) is 18.2 Å². The summed E-state index contributed by atoms with van der Waals surface area (Å²) in [6.07, 6.45) is -0.0645. The molecule has 1 aromatic carbocycles. The van der Waals surface area contributed by atoms with Gasteiger partial charge in [0.25, 0.3) is 0 Å². The predicted molar refractivity (Wildman–Crippen MR) is 76.1 cm³/mol. The van der Waals surface area contributed by atoms with Crippen molar-refractivity contribution < 1.29 is 14.3 Å². The smallest absolute Gasteiger partial charge is 0.404 e. The van der Waals surface area contributed by atoms with Crippen LogP contribution in [0.2, 0.25) is 0 Å². The van der Waals surface area contributed by atoms with Gasteiger partial charge < -0.3 is 15.2 Å². The minimum absolute atomic E-state index is 0.136. The van der Waals surface area contributed by atoms with Crippen molar-refractivity contribution >= 4 is 28.7 Å². The zero-order chi connectivity index (χ0) is 13.3. The zero-order valence-corrected chi connectivity index (χ0v) is 12.5. The molecule has 0 bridgehead atoms. The highest BCUT2D eigenvalue weighted by atomic mass is 127. The summed E-state index contributed by atoms with van der Waals surface area (Å²) >= 11 is 2.29. The Morgan fingerprint density at radius 1 is 1.50 bits per heavy atom. The van der Waals surface area contributed by atoms with E-state index < -0.39 is 11.7 Å². The first-order chi connectivity index (χ1) is 8.49. The lowest BCUT2D eigenvalue weighted by molar-refractivity contribution is -0.0306. The SMILES string of the molecule is CO[C@](C)(c1ccccc1I)[C@H]1CC1OC(N)=O. The van der Waals surface area contributed by atoms with Gasteiger partial charge in [-0.25, -0.2) is 4.79 Å². The average Bonchev–Trinajstić information content (AvgIpc) is 3.07. The molecule has 0 aliphatic heterocycles. The molecule has 98 valence electrons. The number of primary amides is 1. The third-order valence-corrected chi connectivity index (χ3v) is 4.48. The van der Waals surface area contributed by atoms with Crippen LogP contribution in [-0.2, 0) is 15.1 Å². The molecule has 0 aromatic heterocycles. The minimum atomic E-state index is -0.719. The molecular formula is C13H16INO3. The summed E-state index contributed by atoms with van der Waals surface area (Å²) in [5, 5.41) is 0. The van der Waals surface area contributed by atoms with Crippen LogP contribution in [0, 0.1) is 9.49 Å². The van der Waals surface area contributed by atoms with E-state index in [1.165, 1.54) is 0 Å². The largest absolute Gasteiger partial charge is 0.446 e. The molecule has 1 unspecified atom stereocenters. The lowest BCUT2D eigenvalue weighted by Crippen LogP contribution is -2.31. The minimum Gasteiger partial charge on any atom is -0.446 e. The number of nitrogens with two attached hydrogens (primary N) is 1. The van der Waals surface area contributed by atoms with Crippen LogP contribution in [0.1, 0.15) is 18.9 Å². The Labute approximate surface area is 120 Å². The number of carbonyl (C=O) groups is 1. The molecule has 5 heteroatoms. The van der Waals surface area contributed by atoms with Gasteiger partial charge in [-0.3, -0.25) is 0 Å². The zero-order valence-electron chi connectivity index (χ0n) is 10.4. The first-order valence-corrected chi connectivity index (χ1v) is 6.83. The van der Waals surface area contributed by atoms with E-state index in [0.29, 0.717) is 0 Å². The Hall–Kier alpha value is -0.820. The molecule has 1 aliphatic carbocycles. The van der Waals surface area contributed by atoms with Crippen molar-refractivity contribution in [2.24, 2.45) is 11.7 Å². The summed E-state index contributed by atoms with van der Waals surface area (Å²) in [6, 6.07) is 8.07. The Kier molecular flexibility index (Phi) is 3.82. The van der Waals surface area contributed by atoms with Gasteiger partial charge in [-0.2, -0.15) is 0 Å². The van der Waals surface area contributed by atoms with Crippen molar-refractivity contribution in [1.29, 1.82) is 0 Å². The van der Waals surface area contributed by atoms with Crippen LogP contribution in [0.3, 0.4) is 0 Å². The highest BCUT2D eigenvalue weighted by Crippen LogP contribution is 2.50. The highest BCUT2D eigenvalue weighted by molar-refractivity contribution is 14.1. The maximum atomic E-state index is 10.8. The fraction of sp³-hybridized carbons (Fsp3) is 0.462. The average molecular weight is 361 g/mol. The second-order valence-electron chi connectivity index (χ2n) is 4.61. The molecule has 0 heterocycles. The van der Waals surface area contributed by atoms with E-state index in [2.05, 4.69) is 22.6 Å². The van der Waals surface area contributed by atoms with E-state index in [4.69, 9.17) is 15.2 Å². The molecule has 1 fully saturated rings. The summed E-state index contributed by atoms with van der Waals surface area (Å²) < 4.78 is 11.9. The van der Waals surface area contributed by atoms with E-state index in [-0.39, 0.29) is 12.0 Å². The lowest BCUT2D eigenvalue weighted by atomic mass is 9.90. The molecule has 0 spiro atoms. The number of amides is 1. The van der Waals surface area contributed by atoms with Gasteiger partial charge in [0.2, 0.25) is 0 Å². The van der Waals surface area contributed by atoms with Gasteiger partial charge in [-0.15, -0.1) is 0 Å². The molecule has 1 aromatic rings. The maximum Gasteiger partial charge on any atom is 0.404 e. The van der Waals surface area contributed by atoms with Gasteiger partial charge in [-0.05, 0) is 47.6 Å². The van der Waals surface area contributed by atoms with Gasteiger partial charge in [0, 0.05) is 16.6 Å². The number of carbonyl (C=O) groups excluding carboxylic acids is 1. The molecule has 1 saturated carbocycles. The number of hydrogen-bond acceptors (Lipinski definition) is 3. The van der Waals surface area contributed by atoms with Crippen LogP contribution in [0.25, 0.3) is 0 Å². The van der Waals surface area contributed by atoms with Crippen molar-refractivity contribution in [3.8, 4) is 0 Å². The molecule has 2 rings (SSSR count). The molecule has 0 saturated heterocycles. The van der Waals surface area contributed by atoms with Crippen LogP contribution in [0.4, 0.5) is 4.79 Å². The second-order valence-corrected chi connectivity index (χ2v) is 5.77. The van der Waals surface area contributed by atoms with Crippen molar-refractivity contribution in [3.63, 3.8) is 0 Å². The van der Waals surface area contributed by atoms with Crippen molar-refractivity contribution in [2.45, 2.75) is 25.0 Å². The summed E-state index contributed by atoms with van der Waals surface area (Å²) in [4.78, 5) is 10.8. The highest BCUT2D eigenvalue weighted by Gasteiger charge is 2.54. The Morgan fingerprint density at radius 3 is 2.72 bits per heavy atom. The Balaban J connectivity index is 2.23. The van der Waals surface area contributed by atoms with Crippen molar-refractivity contribution in [1.82, 2.24) is 0 Å². The first kappa shape index (κ1) is 13.6. The van der Waals surface area contributed by atoms with E-state index in [1.54, 1.807) is 7.11 Å². The molecule has 18 heavy (non-hydrogen) atoms. The molecular weight excluding hydrogens is 345 g/mol. The predicted octanol–water partition coefficient (Wildman–Crippen LogP) is 2.64. The molecule has 3 atom stereocenters. The quantitative estimate of drug-likeness (QED) is 0.839. The number of benzene rings is 1. The first-order valence-electron chi connectivity index (χ1n) is 5.75. The maximum absolute atomic E-state index is 10.8. The summed E-state index contributed by atoms with van der Waals surface area (Å²) in [7, 11) is 1.68. The summed E-state index contributed by atoms with van der Waals surface area (Å²) in [6.45, 7) is 2.03. The van der Waals surface area contributed by atoms with Crippen LogP contribution >= 0.6 is 22.6 Å². The Bertz CT molecular complexity index is 465. The molecule has 4 nitrogen and oxygen atoms in total. The van der Waals surface area contributed by atoms with Gasteiger partial charge >= 0.3 is 6.09 Å². The monoisotopic (exact) mass is 361 g/mol. The summed E-state index contributed by atoms with van der Waals surface area (Å²) in [5.41, 5.74) is 5.72. The van der Waals surface area contributed by atoms with Crippen LogP contribution in [-0.4, -0.2) is 19.3 Å². The Morgan fingerprint density at radius 2 is 2.17 bits per heavy atom. The van der Waals surface area contributed by atoms with E-state index in [0.717, 1.165) is 15.6 Å². The van der Waals surface area contributed by atoms with Crippen LogP contribution in [0.5, 0.6) is 0 Å². The lowest BCUT2D eigenvalue weighted by Gasteiger charge is -2.30. The van der Waals surface area contributed by atoms with Gasteiger partial charge in [0.15, 0.2) is 0 Å². The fourth-order valence-electron chi connectivity index (χ4n) is 2.36. The molecule has 1 amide bonds. The standard InChI is InChI=1S/C13H16INO3/c1-13(17-2,8-5-3-4-6-10(8)14)9-7-11(9)18-12(15)16/h3-6,9,11H,7H2,1-2H3,(H2,15,16)/t9-,11?,13+/m0/s1. The van der Waals surface area contributed by atoms with Gasteiger partial charge in [0.1, 0.15) is 6.10 Å². The van der Waals surface area contributed by atoms with E-state index in [9.17, 15) is 4.79 Å². The number of methoxy groups -OCH3 is 1. The second kappa shape index (κ2) is 5.05. The van der Waals surface area contributed by atoms with Crippen LogP contribution in [0.15, 0.2) is 24.3 Å². The van der Waals surface area contributed by atoms with Crippen molar-refractivity contribution in [2.75, 3.05) is 7.11 Å². The topological polar surface area (TPSA) is 61.6 Å². The third-order valence-electron chi connectivity index (χ3n) is 3.54. The molecule has 2 N–H and O–H groups in total. The fourth-order valence-corrected chi connectivity index (χ4v) is 3.28. The number of rotatable bonds is 4. The normalized spacial score (nSPS) is 25.3.